The molecule has 0 amide bonds. The molecule has 0 aromatic heterocycles. The highest BCUT2D eigenvalue weighted by atomic mass is 19.3. The summed E-state index contributed by atoms with van der Waals surface area (Å²) in [6, 6.07) is 6.23. The molecule has 0 aliphatic heterocycles. The fourth-order valence-corrected chi connectivity index (χ4v) is 1.62. The fraction of sp³-hybridized carbons (Fsp3) is 0.385. The number of ether oxygens (including phenoxy) is 1. The minimum absolute atomic E-state index is 0.128. The number of rotatable bonds is 6. The maximum atomic E-state index is 14.7. The lowest BCUT2D eigenvalue weighted by molar-refractivity contribution is -0.193. The van der Waals surface area contributed by atoms with Crippen molar-refractivity contribution < 1.29 is 27.5 Å². The number of esters is 1. The van der Waals surface area contributed by atoms with Crippen LogP contribution in [0.3, 0.4) is 0 Å². The van der Waals surface area contributed by atoms with Gasteiger partial charge >= 0.3 is 11.9 Å². The lowest BCUT2D eigenvalue weighted by atomic mass is 9.87. The third kappa shape index (κ3) is 2.77. The molecule has 0 aliphatic rings. The number of hydrogen-bond donors (Lipinski definition) is 0. The second-order valence-corrected chi connectivity index (χ2v) is 3.82. The van der Waals surface area contributed by atoms with Gasteiger partial charge in [0, 0.05) is 5.56 Å². The number of aldehydes is 1. The van der Waals surface area contributed by atoms with E-state index in [-0.39, 0.29) is 12.9 Å². The standard InChI is InChI=1S/C13H13F3O3/c1-2-19-11(18)13(16,12(14,15)8-9-17)10-6-4-3-5-7-10/h3-7,9H,2,8H2,1H3. The van der Waals surface area contributed by atoms with Crippen LogP contribution in [-0.4, -0.2) is 24.8 Å². The highest BCUT2D eigenvalue weighted by Crippen LogP contribution is 2.44. The van der Waals surface area contributed by atoms with Gasteiger partial charge in [0.2, 0.25) is 0 Å². The van der Waals surface area contributed by atoms with E-state index in [2.05, 4.69) is 4.74 Å². The Balaban J connectivity index is 3.33. The van der Waals surface area contributed by atoms with Crippen molar-refractivity contribution in [2.24, 2.45) is 0 Å². The van der Waals surface area contributed by atoms with Crippen LogP contribution in [0.15, 0.2) is 30.3 Å². The minimum Gasteiger partial charge on any atom is -0.463 e. The summed E-state index contributed by atoms with van der Waals surface area (Å²) in [6.45, 7) is 1.13. The van der Waals surface area contributed by atoms with Crippen LogP contribution in [0, 0.1) is 0 Å². The molecule has 104 valence electrons. The van der Waals surface area contributed by atoms with Gasteiger partial charge in [0.05, 0.1) is 13.0 Å². The molecule has 1 aromatic carbocycles. The summed E-state index contributed by atoms with van der Waals surface area (Å²) in [5.41, 5.74) is -4.22. The zero-order valence-corrected chi connectivity index (χ0v) is 10.2. The van der Waals surface area contributed by atoms with Gasteiger partial charge in [-0.25, -0.2) is 18.0 Å². The lowest BCUT2D eigenvalue weighted by Gasteiger charge is -2.30. The highest BCUT2D eigenvalue weighted by molar-refractivity contribution is 5.83. The smallest absolute Gasteiger partial charge is 0.355 e. The van der Waals surface area contributed by atoms with Crippen molar-refractivity contribution in [1.82, 2.24) is 0 Å². The zero-order chi connectivity index (χ0) is 14.5. The Bertz CT molecular complexity index is 448. The lowest BCUT2D eigenvalue weighted by Crippen LogP contribution is -2.49. The van der Waals surface area contributed by atoms with Crippen molar-refractivity contribution in [3.8, 4) is 0 Å². The Labute approximate surface area is 108 Å². The van der Waals surface area contributed by atoms with E-state index in [4.69, 9.17) is 0 Å². The summed E-state index contributed by atoms with van der Waals surface area (Å²) in [7, 11) is 0. The number of halogens is 3. The topological polar surface area (TPSA) is 43.4 Å². The van der Waals surface area contributed by atoms with Crippen LogP contribution in [0.1, 0.15) is 18.9 Å². The minimum atomic E-state index is -4.18. The van der Waals surface area contributed by atoms with Crippen molar-refractivity contribution >= 4 is 12.3 Å². The van der Waals surface area contributed by atoms with E-state index in [0.29, 0.717) is 0 Å². The molecule has 0 bridgehead atoms. The molecule has 1 rings (SSSR count). The van der Waals surface area contributed by atoms with Gasteiger partial charge in [-0.2, -0.15) is 0 Å². The number of benzene rings is 1. The average molecular weight is 274 g/mol. The first-order valence-electron chi connectivity index (χ1n) is 5.63. The molecule has 1 unspecified atom stereocenters. The van der Waals surface area contributed by atoms with Crippen LogP contribution in [0.4, 0.5) is 13.2 Å². The molecule has 0 heterocycles. The zero-order valence-electron chi connectivity index (χ0n) is 10.2. The molecule has 0 aliphatic carbocycles. The van der Waals surface area contributed by atoms with Crippen LogP contribution >= 0.6 is 0 Å². The van der Waals surface area contributed by atoms with Gasteiger partial charge in [0.25, 0.3) is 5.67 Å². The van der Waals surface area contributed by atoms with E-state index in [1.165, 1.54) is 25.1 Å². The van der Waals surface area contributed by atoms with Crippen LogP contribution in [0.5, 0.6) is 0 Å². The Hall–Kier alpha value is -1.85. The molecule has 3 nitrogen and oxygen atoms in total. The van der Waals surface area contributed by atoms with Crippen molar-refractivity contribution in [2.45, 2.75) is 24.9 Å². The maximum absolute atomic E-state index is 14.7. The summed E-state index contributed by atoms with van der Waals surface area (Å²) >= 11 is 0. The van der Waals surface area contributed by atoms with Crippen LogP contribution in [0.2, 0.25) is 0 Å². The third-order valence-electron chi connectivity index (χ3n) is 2.57. The maximum Gasteiger partial charge on any atom is 0.355 e. The second kappa shape index (κ2) is 5.86. The van der Waals surface area contributed by atoms with E-state index >= 15 is 0 Å². The van der Waals surface area contributed by atoms with E-state index in [0.717, 1.165) is 12.1 Å². The Kier molecular flexibility index (Phi) is 4.69. The normalized spacial score (nSPS) is 14.5. The van der Waals surface area contributed by atoms with E-state index in [1.54, 1.807) is 0 Å². The van der Waals surface area contributed by atoms with Gasteiger partial charge in [0.15, 0.2) is 0 Å². The molecule has 1 atom stereocenters. The number of carbonyl (C=O) groups is 2. The van der Waals surface area contributed by atoms with E-state index in [9.17, 15) is 22.8 Å². The molecule has 6 heteroatoms. The van der Waals surface area contributed by atoms with Gasteiger partial charge in [0.1, 0.15) is 6.29 Å². The number of alkyl halides is 3. The molecule has 19 heavy (non-hydrogen) atoms. The van der Waals surface area contributed by atoms with Gasteiger partial charge in [-0.15, -0.1) is 0 Å². The number of hydrogen-bond acceptors (Lipinski definition) is 3. The largest absolute Gasteiger partial charge is 0.463 e. The molecule has 0 N–H and O–H groups in total. The summed E-state index contributed by atoms with van der Waals surface area (Å²) in [4.78, 5) is 21.9. The molecular formula is C13H13F3O3. The van der Waals surface area contributed by atoms with Crippen molar-refractivity contribution in [3.05, 3.63) is 35.9 Å². The Morgan fingerprint density at radius 2 is 1.84 bits per heavy atom. The molecule has 1 aromatic rings. The molecule has 0 saturated heterocycles. The summed E-state index contributed by atoms with van der Waals surface area (Å²) in [5.74, 6) is -5.88. The quantitative estimate of drug-likeness (QED) is 0.591. The van der Waals surface area contributed by atoms with Gasteiger partial charge in [-0.1, -0.05) is 30.3 Å². The predicted molar refractivity (Wildman–Crippen MR) is 61.5 cm³/mol. The number of carbonyl (C=O) groups excluding carboxylic acids is 2. The van der Waals surface area contributed by atoms with E-state index in [1.807, 2.05) is 0 Å². The van der Waals surface area contributed by atoms with Gasteiger partial charge < -0.3 is 9.53 Å². The first kappa shape index (κ1) is 15.2. The monoisotopic (exact) mass is 274 g/mol. The average Bonchev–Trinajstić information content (AvgIpc) is 2.38. The predicted octanol–water partition coefficient (Wildman–Crippen LogP) is 2.64. The molecular weight excluding hydrogens is 261 g/mol. The first-order chi connectivity index (χ1) is 8.90. The molecule has 0 spiro atoms. The summed E-state index contributed by atoms with van der Waals surface area (Å²) < 4.78 is 46.7. The second-order valence-electron chi connectivity index (χ2n) is 3.82. The van der Waals surface area contributed by atoms with Gasteiger partial charge in [-0.05, 0) is 6.92 Å². The van der Waals surface area contributed by atoms with Crippen LogP contribution in [-0.2, 0) is 20.0 Å². The SMILES string of the molecule is CCOC(=O)C(F)(c1ccccc1)C(F)(F)CC=O. The Morgan fingerprint density at radius 1 is 1.26 bits per heavy atom. The van der Waals surface area contributed by atoms with Crippen molar-refractivity contribution in [1.29, 1.82) is 0 Å². The Morgan fingerprint density at radius 3 is 2.32 bits per heavy atom. The molecule has 0 saturated carbocycles. The van der Waals surface area contributed by atoms with Crippen molar-refractivity contribution in [3.63, 3.8) is 0 Å². The molecule has 0 radical (unpaired) electrons. The van der Waals surface area contributed by atoms with E-state index < -0.39 is 29.5 Å². The summed E-state index contributed by atoms with van der Waals surface area (Å²) in [6.07, 6.45) is -1.53. The van der Waals surface area contributed by atoms with Crippen LogP contribution < -0.4 is 0 Å². The van der Waals surface area contributed by atoms with Crippen LogP contribution in [0.25, 0.3) is 0 Å². The molecule has 0 fully saturated rings. The third-order valence-corrected chi connectivity index (χ3v) is 2.57. The summed E-state index contributed by atoms with van der Waals surface area (Å²) in [5, 5.41) is 0. The van der Waals surface area contributed by atoms with Crippen molar-refractivity contribution in [2.75, 3.05) is 6.61 Å². The highest BCUT2D eigenvalue weighted by Gasteiger charge is 2.62. The fourth-order valence-electron chi connectivity index (χ4n) is 1.62. The van der Waals surface area contributed by atoms with Gasteiger partial charge in [-0.3, -0.25) is 0 Å². The first-order valence-corrected chi connectivity index (χ1v) is 5.63.